The van der Waals surface area contributed by atoms with Gasteiger partial charge in [0.1, 0.15) is 4.90 Å². The Bertz CT molecular complexity index is 739. The number of benzene rings is 1. The number of fused-ring (bicyclic) bond motifs is 1. The van der Waals surface area contributed by atoms with Crippen LogP contribution < -0.4 is 10.5 Å². The third-order valence-corrected chi connectivity index (χ3v) is 4.39. The number of nitrogens with zero attached hydrogens (tertiary/aromatic N) is 1. The van der Waals surface area contributed by atoms with Crippen molar-refractivity contribution in [3.63, 3.8) is 0 Å². The van der Waals surface area contributed by atoms with Gasteiger partial charge >= 0.3 is 0 Å². The molecule has 1 heterocycles. The van der Waals surface area contributed by atoms with Crippen LogP contribution in [0.1, 0.15) is 13.3 Å². The first-order chi connectivity index (χ1) is 9.56. The van der Waals surface area contributed by atoms with Crippen LogP contribution >= 0.6 is 0 Å². The summed E-state index contributed by atoms with van der Waals surface area (Å²) in [6.45, 7) is 2.25. The number of sulfonamides is 1. The Labute approximate surface area is 118 Å². The van der Waals surface area contributed by atoms with E-state index in [0.29, 0.717) is 29.6 Å². The first-order valence-electron chi connectivity index (χ1n) is 6.30. The minimum atomic E-state index is -3.59. The van der Waals surface area contributed by atoms with Crippen LogP contribution in [0.4, 0.5) is 5.69 Å². The van der Waals surface area contributed by atoms with Gasteiger partial charge in [-0.3, -0.25) is 4.98 Å². The number of nitrogens with two attached hydrogens (primary N) is 1. The van der Waals surface area contributed by atoms with Crippen molar-refractivity contribution in [2.75, 3.05) is 12.3 Å². The van der Waals surface area contributed by atoms with Crippen molar-refractivity contribution < 1.29 is 8.42 Å². The maximum atomic E-state index is 12.3. The third-order valence-electron chi connectivity index (χ3n) is 2.89. The fourth-order valence-electron chi connectivity index (χ4n) is 1.91. The van der Waals surface area contributed by atoms with Crippen molar-refractivity contribution in [3.05, 3.63) is 42.6 Å². The van der Waals surface area contributed by atoms with Gasteiger partial charge in [0.2, 0.25) is 10.0 Å². The van der Waals surface area contributed by atoms with Crippen molar-refractivity contribution in [2.45, 2.75) is 18.2 Å². The molecule has 2 aromatic rings. The second kappa shape index (κ2) is 6.02. The minimum absolute atomic E-state index is 0.155. The number of pyridine rings is 1. The molecule has 0 saturated heterocycles. The molecule has 0 unspecified atom stereocenters. The van der Waals surface area contributed by atoms with E-state index >= 15 is 0 Å². The number of hydrogen-bond donors (Lipinski definition) is 2. The fourth-order valence-corrected chi connectivity index (χ4v) is 3.11. The van der Waals surface area contributed by atoms with Gasteiger partial charge < -0.3 is 5.73 Å². The predicted molar refractivity (Wildman–Crippen MR) is 80.8 cm³/mol. The van der Waals surface area contributed by atoms with Gasteiger partial charge in [-0.1, -0.05) is 12.2 Å². The molecule has 0 atom stereocenters. The van der Waals surface area contributed by atoms with E-state index in [2.05, 4.69) is 9.71 Å². The Kier molecular flexibility index (Phi) is 4.36. The number of aromatic nitrogens is 1. The van der Waals surface area contributed by atoms with E-state index in [0.717, 1.165) is 0 Å². The van der Waals surface area contributed by atoms with E-state index < -0.39 is 10.0 Å². The van der Waals surface area contributed by atoms with Gasteiger partial charge in [0.05, 0.1) is 5.52 Å². The number of hydrogen-bond acceptors (Lipinski definition) is 4. The lowest BCUT2D eigenvalue weighted by Gasteiger charge is -2.09. The molecule has 106 valence electrons. The van der Waals surface area contributed by atoms with Gasteiger partial charge in [0.15, 0.2) is 0 Å². The van der Waals surface area contributed by atoms with Crippen LogP contribution in [0.25, 0.3) is 10.9 Å². The molecular formula is C14H17N3O2S. The summed E-state index contributed by atoms with van der Waals surface area (Å²) in [5, 5.41) is 0.642. The summed E-state index contributed by atoms with van der Waals surface area (Å²) in [6.07, 6.45) is 5.99. The Hall–Kier alpha value is -1.92. The number of rotatable bonds is 5. The van der Waals surface area contributed by atoms with Crippen LogP contribution in [-0.2, 0) is 10.0 Å². The molecule has 0 saturated carbocycles. The molecule has 6 heteroatoms. The van der Waals surface area contributed by atoms with Crippen molar-refractivity contribution in [2.24, 2.45) is 0 Å². The number of allylic oxidation sites excluding steroid dienone is 1. The Morgan fingerprint density at radius 2 is 2.15 bits per heavy atom. The Morgan fingerprint density at radius 1 is 1.35 bits per heavy atom. The summed E-state index contributed by atoms with van der Waals surface area (Å²) in [4.78, 5) is 4.29. The average molecular weight is 291 g/mol. The van der Waals surface area contributed by atoms with Crippen molar-refractivity contribution >= 4 is 26.6 Å². The maximum absolute atomic E-state index is 12.3. The zero-order valence-electron chi connectivity index (χ0n) is 11.2. The molecule has 20 heavy (non-hydrogen) atoms. The van der Waals surface area contributed by atoms with Gasteiger partial charge in [-0.15, -0.1) is 0 Å². The van der Waals surface area contributed by atoms with Gasteiger partial charge in [0, 0.05) is 23.8 Å². The maximum Gasteiger partial charge on any atom is 0.242 e. The van der Waals surface area contributed by atoms with Crippen LogP contribution in [0.3, 0.4) is 0 Å². The predicted octanol–water partition coefficient (Wildman–Crippen LogP) is 2.06. The largest absolute Gasteiger partial charge is 0.398 e. The zero-order chi connectivity index (χ0) is 14.6. The molecule has 0 spiro atoms. The molecule has 0 radical (unpaired) electrons. The fraction of sp³-hybridized carbons (Fsp3) is 0.214. The summed E-state index contributed by atoms with van der Waals surface area (Å²) in [5.41, 5.74) is 6.75. The second-order valence-corrected chi connectivity index (χ2v) is 6.04. The molecule has 1 aromatic carbocycles. The van der Waals surface area contributed by atoms with Crippen LogP contribution in [0, 0.1) is 0 Å². The summed E-state index contributed by atoms with van der Waals surface area (Å²) in [7, 11) is -3.59. The highest BCUT2D eigenvalue weighted by molar-refractivity contribution is 7.89. The van der Waals surface area contributed by atoms with Crippen LogP contribution in [0.2, 0.25) is 0 Å². The van der Waals surface area contributed by atoms with Crippen molar-refractivity contribution in [1.82, 2.24) is 9.71 Å². The van der Waals surface area contributed by atoms with E-state index in [1.54, 1.807) is 24.4 Å². The summed E-state index contributed by atoms with van der Waals surface area (Å²) >= 11 is 0. The van der Waals surface area contributed by atoms with Gasteiger partial charge in [0.25, 0.3) is 0 Å². The highest BCUT2D eigenvalue weighted by Gasteiger charge is 2.18. The summed E-state index contributed by atoms with van der Waals surface area (Å²) < 4.78 is 27.2. The van der Waals surface area contributed by atoms with E-state index in [1.807, 2.05) is 19.1 Å². The highest BCUT2D eigenvalue weighted by atomic mass is 32.2. The number of anilines is 1. The van der Waals surface area contributed by atoms with E-state index in [1.165, 1.54) is 6.07 Å². The van der Waals surface area contributed by atoms with Crippen molar-refractivity contribution in [1.29, 1.82) is 0 Å². The molecular weight excluding hydrogens is 274 g/mol. The van der Waals surface area contributed by atoms with Gasteiger partial charge in [-0.05, 0) is 37.6 Å². The molecule has 3 N–H and O–H groups in total. The lowest BCUT2D eigenvalue weighted by atomic mass is 10.2. The third kappa shape index (κ3) is 2.97. The lowest BCUT2D eigenvalue weighted by Crippen LogP contribution is -2.25. The number of nitrogens with one attached hydrogen (secondary N) is 1. The Balaban J connectivity index is 2.39. The molecule has 0 fully saturated rings. The number of nitrogen functional groups attached to an aromatic ring is 1. The molecule has 0 aliphatic rings. The lowest BCUT2D eigenvalue weighted by molar-refractivity contribution is 0.583. The Morgan fingerprint density at radius 3 is 2.90 bits per heavy atom. The first kappa shape index (κ1) is 14.5. The summed E-state index contributed by atoms with van der Waals surface area (Å²) in [6, 6.07) is 6.57. The van der Waals surface area contributed by atoms with E-state index in [-0.39, 0.29) is 4.90 Å². The van der Waals surface area contributed by atoms with Gasteiger partial charge in [-0.25, -0.2) is 13.1 Å². The SMILES string of the molecule is C/C=C/CCNS(=O)(=O)c1ccc(N)c2cccnc12. The molecule has 2 rings (SSSR count). The topological polar surface area (TPSA) is 85.1 Å². The smallest absolute Gasteiger partial charge is 0.242 e. The normalized spacial score (nSPS) is 12.2. The van der Waals surface area contributed by atoms with Crippen LogP contribution in [-0.4, -0.2) is 19.9 Å². The molecule has 0 amide bonds. The first-order valence-corrected chi connectivity index (χ1v) is 7.78. The average Bonchev–Trinajstić information content (AvgIpc) is 2.44. The van der Waals surface area contributed by atoms with E-state index in [4.69, 9.17) is 5.73 Å². The zero-order valence-corrected chi connectivity index (χ0v) is 12.0. The van der Waals surface area contributed by atoms with Crippen LogP contribution in [0.15, 0.2) is 47.5 Å². The minimum Gasteiger partial charge on any atom is -0.398 e. The quantitative estimate of drug-likeness (QED) is 0.501. The highest BCUT2D eigenvalue weighted by Crippen LogP contribution is 2.25. The van der Waals surface area contributed by atoms with Crippen LogP contribution in [0.5, 0.6) is 0 Å². The summed E-state index contributed by atoms with van der Waals surface area (Å²) in [5.74, 6) is 0. The molecule has 0 aliphatic heterocycles. The molecule has 0 aliphatic carbocycles. The van der Waals surface area contributed by atoms with E-state index in [9.17, 15) is 8.42 Å². The van der Waals surface area contributed by atoms with Crippen molar-refractivity contribution in [3.8, 4) is 0 Å². The standard InChI is InChI=1S/C14H17N3O2S/c1-2-3-4-10-17-20(18,19)13-8-7-12(15)11-6-5-9-16-14(11)13/h2-3,5-9,17H,4,10,15H2,1H3/b3-2+. The molecule has 5 nitrogen and oxygen atoms in total. The monoisotopic (exact) mass is 291 g/mol. The molecule has 1 aromatic heterocycles. The van der Waals surface area contributed by atoms with Gasteiger partial charge in [-0.2, -0.15) is 0 Å². The second-order valence-electron chi connectivity index (χ2n) is 4.31. The molecule has 0 bridgehead atoms.